The Hall–Kier alpha value is -2.66. The van der Waals surface area contributed by atoms with Crippen molar-refractivity contribution in [2.45, 2.75) is 18.9 Å². The zero-order valence-corrected chi connectivity index (χ0v) is 14.1. The summed E-state index contributed by atoms with van der Waals surface area (Å²) in [5.74, 6) is 0. The van der Waals surface area contributed by atoms with Gasteiger partial charge in [-0.2, -0.15) is 0 Å². The summed E-state index contributed by atoms with van der Waals surface area (Å²) >= 11 is 0. The van der Waals surface area contributed by atoms with Crippen molar-refractivity contribution in [3.05, 3.63) is 66.0 Å². The third-order valence-electron chi connectivity index (χ3n) is 4.92. The molecule has 2 N–H and O–H groups in total. The van der Waals surface area contributed by atoms with Crippen molar-refractivity contribution in [1.29, 1.82) is 0 Å². The number of carbonyl (C=O) groups excluding carboxylic acids is 1. The van der Waals surface area contributed by atoms with Gasteiger partial charge in [0, 0.05) is 31.2 Å². The number of urea groups is 1. The summed E-state index contributed by atoms with van der Waals surface area (Å²) in [6.45, 7) is 2.73. The number of rotatable bonds is 3. The maximum atomic E-state index is 12.5. The number of pyridine rings is 1. The van der Waals surface area contributed by atoms with Crippen molar-refractivity contribution in [1.82, 2.24) is 15.2 Å². The van der Waals surface area contributed by atoms with Gasteiger partial charge in [0.15, 0.2) is 0 Å². The second kappa shape index (κ2) is 7.07. The number of amides is 2. The minimum atomic E-state index is -0.0473. The fourth-order valence-electron chi connectivity index (χ4n) is 3.40. The topological polar surface area (TPSA) is 57.3 Å². The molecule has 1 aromatic heterocycles. The first kappa shape index (κ1) is 15.8. The summed E-state index contributed by atoms with van der Waals surface area (Å²) < 4.78 is 0. The average Bonchev–Trinajstić information content (AvgIpc) is 2.63. The van der Waals surface area contributed by atoms with Crippen LogP contribution < -0.4 is 10.6 Å². The summed E-state index contributed by atoms with van der Waals surface area (Å²) in [5.41, 5.74) is 4.53. The normalized spacial score (nSPS) is 19.8. The smallest absolute Gasteiger partial charge is 0.317 e. The van der Waals surface area contributed by atoms with E-state index < -0.39 is 0 Å². The van der Waals surface area contributed by atoms with E-state index in [0.29, 0.717) is 0 Å². The quantitative estimate of drug-likeness (QED) is 0.904. The minimum Gasteiger partial charge on any atom is -0.317 e. The molecule has 5 heteroatoms. The minimum absolute atomic E-state index is 0.0473. The lowest BCUT2D eigenvalue weighted by Gasteiger charge is -2.40. The van der Waals surface area contributed by atoms with Gasteiger partial charge in [-0.1, -0.05) is 24.3 Å². The second-order valence-corrected chi connectivity index (χ2v) is 6.48. The van der Waals surface area contributed by atoms with Gasteiger partial charge in [-0.05, 0) is 54.3 Å². The van der Waals surface area contributed by atoms with Crippen molar-refractivity contribution >= 4 is 17.3 Å². The molecule has 2 aliphatic heterocycles. The van der Waals surface area contributed by atoms with Crippen LogP contribution in [0.4, 0.5) is 10.5 Å². The standard InChI is InChI=1S/C20H22N4O/c25-20(24-13-9-19(24)17-2-1-10-22-14-17)23-18-5-3-15(4-6-18)16-7-11-21-12-8-16/h1-7,10,14,19,21H,8-9,11-13H2,(H,23,25). The highest BCUT2D eigenvalue weighted by Gasteiger charge is 2.33. The van der Waals surface area contributed by atoms with Crippen LogP contribution in [0.2, 0.25) is 0 Å². The number of anilines is 1. The molecule has 1 aromatic carbocycles. The Labute approximate surface area is 147 Å². The van der Waals surface area contributed by atoms with Gasteiger partial charge in [-0.25, -0.2) is 4.79 Å². The molecule has 4 rings (SSSR count). The SMILES string of the molecule is O=C(Nc1ccc(C2=CCNCC2)cc1)N1CCC1c1cccnc1. The number of likely N-dealkylation sites (tertiary alicyclic amines) is 1. The molecule has 2 amide bonds. The molecule has 1 unspecified atom stereocenters. The molecule has 0 saturated carbocycles. The van der Waals surface area contributed by atoms with E-state index in [-0.39, 0.29) is 12.1 Å². The van der Waals surface area contributed by atoms with Gasteiger partial charge in [0.05, 0.1) is 6.04 Å². The molecule has 0 radical (unpaired) electrons. The molecule has 0 aliphatic carbocycles. The number of carbonyl (C=O) groups is 1. The third kappa shape index (κ3) is 3.42. The Bertz CT molecular complexity index is 770. The first-order valence-corrected chi connectivity index (χ1v) is 8.79. The fourth-order valence-corrected chi connectivity index (χ4v) is 3.40. The van der Waals surface area contributed by atoms with Crippen molar-refractivity contribution < 1.29 is 4.79 Å². The van der Waals surface area contributed by atoms with Crippen molar-refractivity contribution in [3.63, 3.8) is 0 Å². The molecule has 1 saturated heterocycles. The Kier molecular flexibility index (Phi) is 4.48. The van der Waals surface area contributed by atoms with Crippen LogP contribution in [0, 0.1) is 0 Å². The number of benzene rings is 1. The van der Waals surface area contributed by atoms with Crippen molar-refractivity contribution in [2.24, 2.45) is 0 Å². The van der Waals surface area contributed by atoms with Gasteiger partial charge in [0.2, 0.25) is 0 Å². The molecule has 128 valence electrons. The van der Waals surface area contributed by atoms with Crippen molar-refractivity contribution in [2.75, 3.05) is 25.0 Å². The summed E-state index contributed by atoms with van der Waals surface area (Å²) in [6, 6.07) is 12.2. The van der Waals surface area contributed by atoms with E-state index in [2.05, 4.69) is 33.8 Å². The van der Waals surface area contributed by atoms with Crippen LogP contribution >= 0.6 is 0 Å². The molecule has 2 aliphatic rings. The number of nitrogens with one attached hydrogen (secondary N) is 2. The molecule has 1 fully saturated rings. The lowest BCUT2D eigenvalue weighted by atomic mass is 9.97. The molecule has 3 heterocycles. The molecular formula is C20H22N4O. The first-order valence-electron chi connectivity index (χ1n) is 8.79. The van der Waals surface area contributed by atoms with E-state index in [1.165, 1.54) is 11.1 Å². The fraction of sp³-hybridized carbons (Fsp3) is 0.300. The predicted molar refractivity (Wildman–Crippen MR) is 99.2 cm³/mol. The molecular weight excluding hydrogens is 312 g/mol. The maximum absolute atomic E-state index is 12.5. The maximum Gasteiger partial charge on any atom is 0.322 e. The van der Waals surface area contributed by atoms with Crippen molar-refractivity contribution in [3.8, 4) is 0 Å². The van der Waals surface area contributed by atoms with Crippen LogP contribution in [0.25, 0.3) is 5.57 Å². The van der Waals surface area contributed by atoms with Gasteiger partial charge in [-0.3, -0.25) is 4.98 Å². The molecule has 5 nitrogen and oxygen atoms in total. The molecule has 0 spiro atoms. The van der Waals surface area contributed by atoms with Crippen LogP contribution in [-0.2, 0) is 0 Å². The molecule has 0 bridgehead atoms. The first-order chi connectivity index (χ1) is 12.3. The zero-order valence-electron chi connectivity index (χ0n) is 14.1. The van der Waals surface area contributed by atoms with E-state index in [0.717, 1.165) is 43.7 Å². The summed E-state index contributed by atoms with van der Waals surface area (Å²) in [6.07, 6.45) is 7.86. The molecule has 25 heavy (non-hydrogen) atoms. The highest BCUT2D eigenvalue weighted by molar-refractivity contribution is 5.90. The van der Waals surface area contributed by atoms with E-state index in [9.17, 15) is 4.79 Å². The summed E-state index contributed by atoms with van der Waals surface area (Å²) in [5, 5.41) is 6.33. The predicted octanol–water partition coefficient (Wildman–Crippen LogP) is 3.44. The Morgan fingerprint density at radius 3 is 2.76 bits per heavy atom. The van der Waals surface area contributed by atoms with Crippen LogP contribution in [0.3, 0.4) is 0 Å². The molecule has 1 atom stereocenters. The van der Waals surface area contributed by atoms with Gasteiger partial charge >= 0.3 is 6.03 Å². The lowest BCUT2D eigenvalue weighted by molar-refractivity contribution is 0.126. The van der Waals surface area contributed by atoms with Gasteiger partial charge in [0.1, 0.15) is 0 Å². The Morgan fingerprint density at radius 2 is 2.12 bits per heavy atom. The van der Waals surface area contributed by atoms with Crippen LogP contribution in [-0.4, -0.2) is 35.5 Å². The van der Waals surface area contributed by atoms with Gasteiger partial charge in [0.25, 0.3) is 0 Å². The Morgan fingerprint density at radius 1 is 1.24 bits per heavy atom. The van der Waals surface area contributed by atoms with Crippen LogP contribution in [0.5, 0.6) is 0 Å². The van der Waals surface area contributed by atoms with E-state index in [4.69, 9.17) is 0 Å². The molecule has 2 aromatic rings. The highest BCUT2D eigenvalue weighted by atomic mass is 16.2. The summed E-state index contributed by atoms with van der Waals surface area (Å²) in [4.78, 5) is 18.6. The average molecular weight is 334 g/mol. The van der Waals surface area contributed by atoms with Crippen LogP contribution in [0.1, 0.15) is 30.0 Å². The number of aromatic nitrogens is 1. The number of nitrogens with zero attached hydrogens (tertiary/aromatic N) is 2. The number of hydrogen-bond donors (Lipinski definition) is 2. The summed E-state index contributed by atoms with van der Waals surface area (Å²) in [7, 11) is 0. The third-order valence-corrected chi connectivity index (χ3v) is 4.92. The van der Waals surface area contributed by atoms with Gasteiger partial charge in [-0.15, -0.1) is 0 Å². The monoisotopic (exact) mass is 334 g/mol. The Balaban J connectivity index is 1.40. The number of hydrogen-bond acceptors (Lipinski definition) is 3. The largest absolute Gasteiger partial charge is 0.322 e. The van der Waals surface area contributed by atoms with Gasteiger partial charge < -0.3 is 15.5 Å². The lowest BCUT2D eigenvalue weighted by Crippen LogP contribution is -2.47. The van der Waals surface area contributed by atoms with Crippen LogP contribution in [0.15, 0.2) is 54.9 Å². The zero-order chi connectivity index (χ0) is 17.1. The van der Waals surface area contributed by atoms with E-state index in [1.807, 2.05) is 35.4 Å². The highest BCUT2D eigenvalue weighted by Crippen LogP contribution is 2.33. The van der Waals surface area contributed by atoms with E-state index in [1.54, 1.807) is 6.20 Å². The van der Waals surface area contributed by atoms with E-state index >= 15 is 0 Å². The second-order valence-electron chi connectivity index (χ2n) is 6.48.